The molecule has 0 atom stereocenters. The molecule has 0 amide bonds. The molecule has 0 heterocycles. The first-order valence-corrected chi connectivity index (χ1v) is 9.06. The Morgan fingerprint density at radius 3 is 2.23 bits per heavy atom. The van der Waals surface area contributed by atoms with Crippen molar-refractivity contribution in [2.24, 2.45) is 10.2 Å². The van der Waals surface area contributed by atoms with Crippen molar-refractivity contribution >= 4 is 32.3 Å². The molecule has 0 aromatic heterocycles. The third kappa shape index (κ3) is 3.37. The number of aryl methyl sites for hydroxylation is 2. The van der Waals surface area contributed by atoms with Crippen LogP contribution in [0.5, 0.6) is 11.5 Å². The molecule has 3 rings (SSSR count). The van der Waals surface area contributed by atoms with Crippen LogP contribution >= 0.6 is 0 Å². The summed E-state index contributed by atoms with van der Waals surface area (Å²) in [5.41, 5.74) is 1.38. The second-order valence-corrected chi connectivity index (χ2v) is 7.35. The Balaban J connectivity index is 2.27. The summed E-state index contributed by atoms with van der Waals surface area (Å²) in [6.45, 7) is 3.61. The number of hydrogen-bond donors (Lipinski definition) is 3. The van der Waals surface area contributed by atoms with Crippen LogP contribution < -0.4 is 0 Å². The molecule has 0 saturated carbocycles. The number of rotatable bonds is 3. The molecule has 3 aromatic rings. The highest BCUT2D eigenvalue weighted by molar-refractivity contribution is 7.86. The van der Waals surface area contributed by atoms with Gasteiger partial charge in [-0.2, -0.15) is 8.42 Å². The minimum absolute atomic E-state index is 0.106. The third-order valence-corrected chi connectivity index (χ3v) is 4.74. The Morgan fingerprint density at radius 2 is 1.54 bits per heavy atom. The van der Waals surface area contributed by atoms with Gasteiger partial charge in [0.25, 0.3) is 10.1 Å². The Morgan fingerprint density at radius 1 is 0.885 bits per heavy atom. The van der Waals surface area contributed by atoms with Crippen molar-refractivity contribution in [2.75, 3.05) is 0 Å². The lowest BCUT2D eigenvalue weighted by Crippen LogP contribution is -1.99. The molecule has 3 N–H and O–H groups in total. The zero-order chi connectivity index (χ0) is 19.1. The number of fused-ring (bicyclic) bond motifs is 1. The van der Waals surface area contributed by atoms with Gasteiger partial charge in [0.1, 0.15) is 22.0 Å². The Kier molecular flexibility index (Phi) is 4.39. The maximum atomic E-state index is 11.8. The van der Waals surface area contributed by atoms with Gasteiger partial charge >= 0.3 is 0 Å². The van der Waals surface area contributed by atoms with Crippen LogP contribution in [-0.4, -0.2) is 23.2 Å². The number of phenolic OH excluding ortho intramolecular Hbond substituents is 2. The first-order valence-electron chi connectivity index (χ1n) is 7.62. The molecule has 0 saturated heterocycles. The molecular formula is C18H16N2O5S. The van der Waals surface area contributed by atoms with Gasteiger partial charge in [0, 0.05) is 5.39 Å². The molecule has 0 unspecified atom stereocenters. The van der Waals surface area contributed by atoms with Crippen LogP contribution in [0, 0.1) is 13.8 Å². The zero-order valence-electron chi connectivity index (χ0n) is 14.0. The van der Waals surface area contributed by atoms with E-state index in [1.165, 1.54) is 12.1 Å². The SMILES string of the molecule is Cc1ccc(O)c(/N=N/c2c(S(=O)(=O)O)cc3cc(C)ccc3c2O)c1. The number of benzene rings is 3. The third-order valence-electron chi connectivity index (χ3n) is 3.87. The van der Waals surface area contributed by atoms with Crippen LogP contribution in [0.15, 0.2) is 57.6 Å². The second-order valence-electron chi connectivity index (χ2n) is 5.96. The van der Waals surface area contributed by atoms with Gasteiger partial charge in [-0.1, -0.05) is 29.8 Å². The van der Waals surface area contributed by atoms with Crippen molar-refractivity contribution in [1.29, 1.82) is 0 Å². The minimum atomic E-state index is -4.66. The first-order chi connectivity index (χ1) is 12.2. The molecule has 0 aliphatic heterocycles. The lowest BCUT2D eigenvalue weighted by atomic mass is 10.1. The Labute approximate surface area is 150 Å². The summed E-state index contributed by atoms with van der Waals surface area (Å²) in [6, 6.07) is 10.9. The fraction of sp³-hybridized carbons (Fsp3) is 0.111. The molecule has 0 radical (unpaired) electrons. The smallest absolute Gasteiger partial charge is 0.296 e. The average Bonchev–Trinajstić information content (AvgIpc) is 2.55. The van der Waals surface area contributed by atoms with Crippen LogP contribution in [0.4, 0.5) is 11.4 Å². The summed E-state index contributed by atoms with van der Waals surface area (Å²) in [6.07, 6.45) is 0. The maximum Gasteiger partial charge on any atom is 0.296 e. The van der Waals surface area contributed by atoms with E-state index in [-0.39, 0.29) is 11.4 Å². The van der Waals surface area contributed by atoms with Crippen LogP contribution in [0.1, 0.15) is 11.1 Å². The van der Waals surface area contributed by atoms with Gasteiger partial charge in [0.05, 0.1) is 0 Å². The van der Waals surface area contributed by atoms with E-state index < -0.39 is 26.5 Å². The van der Waals surface area contributed by atoms with Crippen molar-refractivity contribution in [2.45, 2.75) is 18.7 Å². The Hall–Kier alpha value is -2.97. The topological polar surface area (TPSA) is 120 Å². The maximum absolute atomic E-state index is 11.8. The highest BCUT2D eigenvalue weighted by atomic mass is 32.2. The number of nitrogens with zero attached hydrogens (tertiary/aromatic N) is 2. The highest BCUT2D eigenvalue weighted by Crippen LogP contribution is 2.42. The molecule has 0 spiro atoms. The molecular weight excluding hydrogens is 356 g/mol. The van der Waals surface area contributed by atoms with Crippen molar-refractivity contribution in [3.63, 3.8) is 0 Å². The van der Waals surface area contributed by atoms with Crippen molar-refractivity contribution in [3.05, 3.63) is 53.6 Å². The molecule has 0 aliphatic carbocycles. The predicted octanol–water partition coefficient (Wildman–Crippen LogP) is 4.53. The average molecular weight is 372 g/mol. The van der Waals surface area contributed by atoms with Gasteiger partial charge in [-0.25, -0.2) is 0 Å². The fourth-order valence-corrected chi connectivity index (χ4v) is 3.24. The van der Waals surface area contributed by atoms with E-state index in [1.807, 2.05) is 6.92 Å². The van der Waals surface area contributed by atoms with E-state index in [2.05, 4.69) is 10.2 Å². The molecule has 0 bridgehead atoms. The molecule has 7 nitrogen and oxygen atoms in total. The van der Waals surface area contributed by atoms with E-state index in [1.54, 1.807) is 37.3 Å². The van der Waals surface area contributed by atoms with Crippen molar-refractivity contribution < 1.29 is 23.2 Å². The lowest BCUT2D eigenvalue weighted by Gasteiger charge is -2.09. The monoisotopic (exact) mass is 372 g/mol. The van der Waals surface area contributed by atoms with E-state index in [0.29, 0.717) is 10.8 Å². The molecule has 8 heteroatoms. The summed E-state index contributed by atoms with van der Waals surface area (Å²) < 4.78 is 33.0. The molecule has 134 valence electrons. The van der Waals surface area contributed by atoms with Crippen LogP contribution in [0.2, 0.25) is 0 Å². The lowest BCUT2D eigenvalue weighted by molar-refractivity contribution is 0.471. The first kappa shape index (κ1) is 17.8. The van der Waals surface area contributed by atoms with Crippen LogP contribution in [0.3, 0.4) is 0 Å². The van der Waals surface area contributed by atoms with Crippen LogP contribution in [0.25, 0.3) is 10.8 Å². The van der Waals surface area contributed by atoms with Crippen molar-refractivity contribution in [3.8, 4) is 11.5 Å². The zero-order valence-corrected chi connectivity index (χ0v) is 14.8. The largest absolute Gasteiger partial charge is 0.506 e. The van der Waals surface area contributed by atoms with E-state index >= 15 is 0 Å². The predicted molar refractivity (Wildman–Crippen MR) is 97.2 cm³/mol. The summed E-state index contributed by atoms with van der Waals surface area (Å²) in [4.78, 5) is -0.566. The molecule has 26 heavy (non-hydrogen) atoms. The van der Waals surface area contributed by atoms with E-state index in [0.717, 1.165) is 11.1 Å². The van der Waals surface area contributed by atoms with E-state index in [4.69, 9.17) is 0 Å². The quantitative estimate of drug-likeness (QED) is 0.461. The number of azo groups is 1. The van der Waals surface area contributed by atoms with Gasteiger partial charge in [0.15, 0.2) is 5.75 Å². The normalized spacial score (nSPS) is 12.1. The summed E-state index contributed by atoms with van der Waals surface area (Å²) >= 11 is 0. The number of phenols is 2. The standard InChI is InChI=1S/C18H16N2O5S/c1-10-3-5-13-12(7-10)9-16(26(23,24)25)17(18(13)22)20-19-14-8-11(2)4-6-15(14)21/h3-9,21-22H,1-2H3,(H,23,24,25)/b20-19+. The van der Waals surface area contributed by atoms with E-state index in [9.17, 15) is 23.2 Å². The number of aromatic hydroxyl groups is 2. The summed E-state index contributed by atoms with van der Waals surface area (Å²) in [7, 11) is -4.66. The Bertz CT molecular complexity index is 1150. The summed E-state index contributed by atoms with van der Waals surface area (Å²) in [5.74, 6) is -0.574. The van der Waals surface area contributed by atoms with Crippen LogP contribution in [-0.2, 0) is 10.1 Å². The van der Waals surface area contributed by atoms with Gasteiger partial charge < -0.3 is 10.2 Å². The molecule has 3 aromatic carbocycles. The minimum Gasteiger partial charge on any atom is -0.506 e. The van der Waals surface area contributed by atoms with Gasteiger partial charge in [-0.15, -0.1) is 10.2 Å². The molecule has 0 fully saturated rings. The fourth-order valence-electron chi connectivity index (χ4n) is 2.58. The molecule has 0 aliphatic rings. The second kappa shape index (κ2) is 6.40. The van der Waals surface area contributed by atoms with Gasteiger partial charge in [0.2, 0.25) is 0 Å². The summed E-state index contributed by atoms with van der Waals surface area (Å²) in [5, 5.41) is 28.8. The highest BCUT2D eigenvalue weighted by Gasteiger charge is 2.22. The van der Waals surface area contributed by atoms with Crippen molar-refractivity contribution in [1.82, 2.24) is 0 Å². The number of hydrogen-bond acceptors (Lipinski definition) is 6. The van der Waals surface area contributed by atoms with Gasteiger partial charge in [-0.05, 0) is 43.0 Å². The van der Waals surface area contributed by atoms with Gasteiger partial charge in [-0.3, -0.25) is 4.55 Å².